The van der Waals surface area contributed by atoms with Gasteiger partial charge in [0.1, 0.15) is 13.2 Å². The first-order valence-electron chi connectivity index (χ1n) is 9.58. The molecular formula is C21H22N2O5. The van der Waals surface area contributed by atoms with E-state index in [1.807, 2.05) is 18.2 Å². The van der Waals surface area contributed by atoms with Gasteiger partial charge >= 0.3 is 0 Å². The lowest BCUT2D eigenvalue weighted by molar-refractivity contribution is -0.384. The summed E-state index contributed by atoms with van der Waals surface area (Å²) in [6, 6.07) is 10.7. The Morgan fingerprint density at radius 2 is 1.93 bits per heavy atom. The second kappa shape index (κ2) is 7.88. The molecule has 0 bridgehead atoms. The molecule has 0 saturated carbocycles. The van der Waals surface area contributed by atoms with E-state index in [1.165, 1.54) is 12.1 Å². The lowest BCUT2D eigenvalue weighted by Crippen LogP contribution is -2.35. The maximum atomic E-state index is 12.8. The lowest BCUT2D eigenvalue weighted by Gasteiger charge is -2.29. The van der Waals surface area contributed by atoms with E-state index >= 15 is 0 Å². The summed E-state index contributed by atoms with van der Waals surface area (Å²) < 4.78 is 11.1. The van der Waals surface area contributed by atoms with E-state index in [4.69, 9.17) is 9.47 Å². The Morgan fingerprint density at radius 1 is 1.11 bits per heavy atom. The molecule has 28 heavy (non-hydrogen) atoms. The Kier molecular flexibility index (Phi) is 5.14. The number of hydrogen-bond acceptors (Lipinski definition) is 5. The number of rotatable bonds is 5. The highest BCUT2D eigenvalue weighted by molar-refractivity contribution is 5.95. The Morgan fingerprint density at radius 3 is 2.75 bits per heavy atom. The van der Waals surface area contributed by atoms with Gasteiger partial charge in [0, 0.05) is 25.1 Å². The van der Waals surface area contributed by atoms with Gasteiger partial charge in [-0.25, -0.2) is 0 Å². The summed E-state index contributed by atoms with van der Waals surface area (Å²) >= 11 is 0. The van der Waals surface area contributed by atoms with Crippen LogP contribution in [0.4, 0.5) is 11.4 Å². The van der Waals surface area contributed by atoms with Gasteiger partial charge in [-0.1, -0.05) is 12.1 Å². The number of benzene rings is 2. The number of amides is 1. The van der Waals surface area contributed by atoms with Crippen LogP contribution in [-0.2, 0) is 17.6 Å². The molecule has 7 nitrogen and oxygen atoms in total. The van der Waals surface area contributed by atoms with Crippen LogP contribution in [0.3, 0.4) is 0 Å². The normalized spacial score (nSPS) is 15.1. The molecule has 2 aliphatic rings. The van der Waals surface area contributed by atoms with Crippen molar-refractivity contribution in [3.63, 3.8) is 0 Å². The number of anilines is 1. The van der Waals surface area contributed by atoms with E-state index in [0.717, 1.165) is 41.9 Å². The third-order valence-corrected chi connectivity index (χ3v) is 5.16. The number of carbonyl (C=O) groups excluding carboxylic acids is 1. The van der Waals surface area contributed by atoms with Gasteiger partial charge in [-0.05, 0) is 48.9 Å². The van der Waals surface area contributed by atoms with Crippen LogP contribution in [0.25, 0.3) is 0 Å². The maximum Gasteiger partial charge on any atom is 0.271 e. The Hall–Kier alpha value is -3.09. The number of ether oxygens (including phenoxy) is 2. The van der Waals surface area contributed by atoms with Crippen molar-refractivity contribution in [2.45, 2.75) is 32.1 Å². The second-order valence-electron chi connectivity index (χ2n) is 7.05. The topological polar surface area (TPSA) is 81.9 Å². The quantitative estimate of drug-likeness (QED) is 0.582. The molecule has 146 valence electrons. The molecule has 1 amide bonds. The minimum atomic E-state index is -0.417. The molecule has 2 aromatic rings. The standard InChI is InChI=1S/C21H22N2O5/c24-21(5-1-3-15-6-9-19-20(13-15)28-12-11-27-19)22-10-2-4-16-7-8-17(23(25)26)14-18(16)22/h6-9,13-14H,1-5,10-12H2. The van der Waals surface area contributed by atoms with Gasteiger partial charge < -0.3 is 14.4 Å². The van der Waals surface area contributed by atoms with Crippen molar-refractivity contribution in [1.29, 1.82) is 0 Å². The van der Waals surface area contributed by atoms with Gasteiger partial charge in [0.2, 0.25) is 5.91 Å². The van der Waals surface area contributed by atoms with E-state index in [9.17, 15) is 14.9 Å². The molecule has 7 heteroatoms. The number of carbonyl (C=O) groups is 1. The number of nitrogens with zero attached hydrogens (tertiary/aromatic N) is 2. The minimum Gasteiger partial charge on any atom is -0.486 e. The highest BCUT2D eigenvalue weighted by Gasteiger charge is 2.24. The molecule has 0 atom stereocenters. The van der Waals surface area contributed by atoms with E-state index in [0.29, 0.717) is 38.3 Å². The number of hydrogen-bond donors (Lipinski definition) is 0. The van der Waals surface area contributed by atoms with Crippen LogP contribution in [-0.4, -0.2) is 30.6 Å². The van der Waals surface area contributed by atoms with Gasteiger partial charge in [-0.2, -0.15) is 0 Å². The first-order valence-corrected chi connectivity index (χ1v) is 9.58. The first kappa shape index (κ1) is 18.3. The fraction of sp³-hybridized carbons (Fsp3) is 0.381. The minimum absolute atomic E-state index is 0.0130. The molecule has 2 heterocycles. The summed E-state index contributed by atoms with van der Waals surface area (Å²) in [5.41, 5.74) is 2.81. The van der Waals surface area contributed by atoms with Crippen molar-refractivity contribution in [3.8, 4) is 11.5 Å². The number of nitro benzene ring substituents is 1. The average Bonchev–Trinajstić information content (AvgIpc) is 2.72. The SMILES string of the molecule is O=C(CCCc1ccc2c(c1)OCCO2)N1CCCc2ccc([N+](=O)[O-])cc21. The summed E-state index contributed by atoms with van der Waals surface area (Å²) in [4.78, 5) is 25.1. The van der Waals surface area contributed by atoms with Crippen molar-refractivity contribution in [2.75, 3.05) is 24.7 Å². The highest BCUT2D eigenvalue weighted by Crippen LogP contribution is 2.33. The maximum absolute atomic E-state index is 12.8. The van der Waals surface area contributed by atoms with Crippen molar-refractivity contribution in [3.05, 3.63) is 57.6 Å². The van der Waals surface area contributed by atoms with Crippen LogP contribution in [0, 0.1) is 10.1 Å². The molecule has 0 fully saturated rings. The fourth-order valence-electron chi connectivity index (χ4n) is 3.76. The molecular weight excluding hydrogens is 360 g/mol. The van der Waals surface area contributed by atoms with E-state index < -0.39 is 4.92 Å². The van der Waals surface area contributed by atoms with Crippen LogP contribution >= 0.6 is 0 Å². The third-order valence-electron chi connectivity index (χ3n) is 5.16. The second-order valence-corrected chi connectivity index (χ2v) is 7.05. The average molecular weight is 382 g/mol. The summed E-state index contributed by atoms with van der Waals surface area (Å²) in [7, 11) is 0. The van der Waals surface area contributed by atoms with Crippen LogP contribution in [0.1, 0.15) is 30.4 Å². The fourth-order valence-corrected chi connectivity index (χ4v) is 3.76. The first-order chi connectivity index (χ1) is 13.6. The van der Waals surface area contributed by atoms with E-state index in [-0.39, 0.29) is 11.6 Å². The van der Waals surface area contributed by atoms with Gasteiger partial charge in [0.15, 0.2) is 11.5 Å². The lowest BCUT2D eigenvalue weighted by atomic mass is 10.00. The summed E-state index contributed by atoms with van der Waals surface area (Å²) in [6.07, 6.45) is 3.58. The Labute approximate surface area is 163 Å². The summed E-state index contributed by atoms with van der Waals surface area (Å²) in [6.45, 7) is 1.72. The Balaban J connectivity index is 1.40. The van der Waals surface area contributed by atoms with Crippen molar-refractivity contribution >= 4 is 17.3 Å². The number of fused-ring (bicyclic) bond motifs is 2. The van der Waals surface area contributed by atoms with Gasteiger partial charge in [-0.15, -0.1) is 0 Å². The van der Waals surface area contributed by atoms with Crippen molar-refractivity contribution < 1.29 is 19.2 Å². The van der Waals surface area contributed by atoms with Crippen LogP contribution in [0.15, 0.2) is 36.4 Å². The van der Waals surface area contributed by atoms with Gasteiger partial charge in [-0.3, -0.25) is 14.9 Å². The smallest absolute Gasteiger partial charge is 0.271 e. The monoisotopic (exact) mass is 382 g/mol. The number of aryl methyl sites for hydroxylation is 2. The Bertz CT molecular complexity index is 912. The summed E-state index contributed by atoms with van der Waals surface area (Å²) in [5, 5.41) is 11.1. The predicted octanol–water partition coefficient (Wildman–Crippen LogP) is 3.67. The van der Waals surface area contributed by atoms with E-state index in [2.05, 4.69) is 0 Å². The van der Waals surface area contributed by atoms with Crippen LogP contribution in [0.2, 0.25) is 0 Å². The largest absolute Gasteiger partial charge is 0.486 e. The van der Waals surface area contributed by atoms with Crippen molar-refractivity contribution in [2.24, 2.45) is 0 Å². The molecule has 0 saturated heterocycles. The zero-order valence-corrected chi connectivity index (χ0v) is 15.6. The predicted molar refractivity (Wildman–Crippen MR) is 104 cm³/mol. The molecule has 0 radical (unpaired) electrons. The van der Waals surface area contributed by atoms with Gasteiger partial charge in [0.05, 0.1) is 10.6 Å². The highest BCUT2D eigenvalue weighted by atomic mass is 16.6. The van der Waals surface area contributed by atoms with Crippen LogP contribution < -0.4 is 14.4 Å². The van der Waals surface area contributed by atoms with Gasteiger partial charge in [0.25, 0.3) is 5.69 Å². The molecule has 0 N–H and O–H groups in total. The molecule has 0 spiro atoms. The third kappa shape index (κ3) is 3.78. The molecule has 0 aliphatic carbocycles. The van der Waals surface area contributed by atoms with E-state index in [1.54, 1.807) is 11.0 Å². The van der Waals surface area contributed by atoms with Crippen LogP contribution in [0.5, 0.6) is 11.5 Å². The zero-order chi connectivity index (χ0) is 19.5. The summed E-state index contributed by atoms with van der Waals surface area (Å²) in [5.74, 6) is 1.53. The van der Waals surface area contributed by atoms with Crippen molar-refractivity contribution in [1.82, 2.24) is 0 Å². The number of non-ortho nitro benzene ring substituents is 1. The molecule has 2 aliphatic heterocycles. The molecule has 0 aromatic heterocycles. The molecule has 4 rings (SSSR count). The number of nitro groups is 1. The molecule has 2 aromatic carbocycles. The molecule has 0 unspecified atom stereocenters. The zero-order valence-electron chi connectivity index (χ0n) is 15.6.